The Kier molecular flexibility index (Phi) is 2.56. The first-order chi connectivity index (χ1) is 8.83. The molecule has 3 atom stereocenters. The highest BCUT2D eigenvalue weighted by atomic mass is 16.6. The maximum absolute atomic E-state index is 6.41. The lowest BCUT2D eigenvalue weighted by Gasteiger charge is -2.57. The summed E-state index contributed by atoms with van der Waals surface area (Å²) in [5, 5.41) is 0. The minimum Gasteiger partial charge on any atom is -0.372 e. The van der Waals surface area contributed by atoms with Gasteiger partial charge in [-0.3, -0.25) is 0 Å². The van der Waals surface area contributed by atoms with Gasteiger partial charge in [0.05, 0.1) is 11.2 Å². The van der Waals surface area contributed by atoms with Crippen LogP contribution in [0, 0.1) is 0 Å². The minimum absolute atomic E-state index is 0.0217. The van der Waals surface area contributed by atoms with Gasteiger partial charge < -0.3 is 14.2 Å². The van der Waals surface area contributed by atoms with Crippen LogP contribution in [0.1, 0.15) is 57.8 Å². The molecule has 4 fully saturated rings. The molecular weight excluding hydrogens is 228 g/mol. The van der Waals surface area contributed by atoms with Crippen molar-refractivity contribution in [2.45, 2.75) is 74.6 Å². The molecule has 1 aliphatic carbocycles. The Balaban J connectivity index is 1.79. The zero-order valence-electron chi connectivity index (χ0n) is 11.2. The smallest absolute Gasteiger partial charge is 0.126 e. The topological polar surface area (TPSA) is 27.7 Å². The summed E-state index contributed by atoms with van der Waals surface area (Å²) < 4.78 is 19.0. The molecule has 3 heterocycles. The van der Waals surface area contributed by atoms with Crippen molar-refractivity contribution in [3.8, 4) is 0 Å². The summed E-state index contributed by atoms with van der Waals surface area (Å²) in [4.78, 5) is 0. The summed E-state index contributed by atoms with van der Waals surface area (Å²) in [7, 11) is 0. The predicted octanol–water partition coefficient (Wildman–Crippen LogP) is 2.82. The zero-order chi connectivity index (χ0) is 12.1. The number of rotatable bonds is 0. The molecule has 3 saturated heterocycles. The van der Waals surface area contributed by atoms with E-state index in [1.807, 2.05) is 0 Å². The Morgan fingerprint density at radius 3 is 1.44 bits per heavy atom. The van der Waals surface area contributed by atoms with Crippen molar-refractivity contribution in [3.05, 3.63) is 0 Å². The zero-order valence-corrected chi connectivity index (χ0v) is 11.2. The predicted molar refractivity (Wildman–Crippen MR) is 67.6 cm³/mol. The Labute approximate surface area is 109 Å². The Morgan fingerprint density at radius 2 is 1.00 bits per heavy atom. The van der Waals surface area contributed by atoms with Gasteiger partial charge in [-0.05, 0) is 57.8 Å². The van der Waals surface area contributed by atoms with Crippen molar-refractivity contribution in [1.29, 1.82) is 0 Å². The fourth-order valence-electron chi connectivity index (χ4n) is 5.26. The monoisotopic (exact) mass is 252 g/mol. The molecule has 0 aromatic carbocycles. The highest BCUT2D eigenvalue weighted by molar-refractivity contribution is 5.20. The molecule has 0 aromatic heterocycles. The van der Waals surface area contributed by atoms with Crippen LogP contribution in [0.2, 0.25) is 0 Å². The summed E-state index contributed by atoms with van der Waals surface area (Å²) >= 11 is 0. The molecule has 102 valence electrons. The lowest BCUT2D eigenvalue weighted by Crippen LogP contribution is -2.69. The quantitative estimate of drug-likeness (QED) is 0.663. The van der Waals surface area contributed by atoms with Crippen molar-refractivity contribution in [3.63, 3.8) is 0 Å². The van der Waals surface area contributed by atoms with E-state index in [9.17, 15) is 0 Å². The first-order valence-electron chi connectivity index (χ1n) is 7.75. The summed E-state index contributed by atoms with van der Waals surface area (Å²) in [5.74, 6) is 0. The van der Waals surface area contributed by atoms with Crippen LogP contribution < -0.4 is 0 Å². The van der Waals surface area contributed by atoms with Crippen LogP contribution in [0.4, 0.5) is 0 Å². The molecule has 18 heavy (non-hydrogen) atoms. The average Bonchev–Trinajstić information content (AvgIpc) is 3.08. The van der Waals surface area contributed by atoms with Crippen LogP contribution in [0.5, 0.6) is 0 Å². The molecule has 0 radical (unpaired) electrons. The summed E-state index contributed by atoms with van der Waals surface area (Å²) in [6.07, 6.45) is 10.7. The lowest BCUT2D eigenvalue weighted by atomic mass is 9.59. The van der Waals surface area contributed by atoms with Gasteiger partial charge in [-0.15, -0.1) is 0 Å². The molecule has 3 aliphatic heterocycles. The maximum atomic E-state index is 6.41. The Morgan fingerprint density at radius 1 is 0.500 bits per heavy atom. The molecule has 1 unspecified atom stereocenters. The normalized spacial score (nSPS) is 52.0. The van der Waals surface area contributed by atoms with Crippen LogP contribution in [-0.4, -0.2) is 36.6 Å². The molecule has 0 aromatic rings. The molecule has 4 rings (SSSR count). The van der Waals surface area contributed by atoms with Crippen LogP contribution in [0.15, 0.2) is 0 Å². The molecule has 3 nitrogen and oxygen atoms in total. The van der Waals surface area contributed by atoms with Gasteiger partial charge in [-0.25, -0.2) is 0 Å². The van der Waals surface area contributed by atoms with Crippen LogP contribution >= 0.6 is 0 Å². The fourth-order valence-corrected chi connectivity index (χ4v) is 5.26. The van der Waals surface area contributed by atoms with E-state index in [-0.39, 0.29) is 16.8 Å². The van der Waals surface area contributed by atoms with E-state index in [4.69, 9.17) is 14.2 Å². The van der Waals surface area contributed by atoms with Crippen molar-refractivity contribution in [2.75, 3.05) is 19.8 Å². The minimum atomic E-state index is -0.120. The second-order valence-electron chi connectivity index (χ2n) is 6.53. The lowest BCUT2D eigenvalue weighted by molar-refractivity contribution is -0.275. The number of ether oxygens (including phenoxy) is 3. The van der Waals surface area contributed by atoms with E-state index in [2.05, 4.69) is 0 Å². The number of hydrogen-bond donors (Lipinski definition) is 0. The summed E-state index contributed by atoms with van der Waals surface area (Å²) in [5.41, 5.74) is -0.163. The first-order valence-corrected chi connectivity index (χ1v) is 7.75. The van der Waals surface area contributed by atoms with Gasteiger partial charge in [0.2, 0.25) is 0 Å². The van der Waals surface area contributed by atoms with Gasteiger partial charge in [0.25, 0.3) is 0 Å². The van der Waals surface area contributed by atoms with E-state index in [0.29, 0.717) is 0 Å². The third-order valence-electron chi connectivity index (χ3n) is 5.86. The molecular formula is C15H24O3. The fraction of sp³-hybridized carbons (Fsp3) is 1.00. The molecule has 0 bridgehead atoms. The second kappa shape index (κ2) is 3.94. The Bertz CT molecular complexity index is 295. The maximum Gasteiger partial charge on any atom is 0.126 e. The van der Waals surface area contributed by atoms with Gasteiger partial charge >= 0.3 is 0 Å². The standard InChI is InChI=1S/C15H24O3/c1-5-13(7-2-10-16-13)15(9-4-12-18-15)14(6-1)8-3-11-17-14/h1-12H2/t13-,14+,15?. The van der Waals surface area contributed by atoms with Gasteiger partial charge in [0.1, 0.15) is 5.60 Å². The highest BCUT2D eigenvalue weighted by Gasteiger charge is 2.69. The third kappa shape index (κ3) is 1.26. The first kappa shape index (κ1) is 11.7. The largest absolute Gasteiger partial charge is 0.372 e. The van der Waals surface area contributed by atoms with Gasteiger partial charge in [0, 0.05) is 19.8 Å². The van der Waals surface area contributed by atoms with Crippen molar-refractivity contribution < 1.29 is 14.2 Å². The molecule has 1 saturated carbocycles. The molecule has 0 N–H and O–H groups in total. The molecule has 3 spiro atoms. The van der Waals surface area contributed by atoms with Crippen molar-refractivity contribution >= 4 is 0 Å². The van der Waals surface area contributed by atoms with Crippen LogP contribution in [0.25, 0.3) is 0 Å². The van der Waals surface area contributed by atoms with Gasteiger partial charge in [-0.1, -0.05) is 0 Å². The second-order valence-corrected chi connectivity index (χ2v) is 6.53. The average molecular weight is 252 g/mol. The van der Waals surface area contributed by atoms with E-state index >= 15 is 0 Å². The van der Waals surface area contributed by atoms with Gasteiger partial charge in [-0.2, -0.15) is 0 Å². The highest BCUT2D eigenvalue weighted by Crippen LogP contribution is 2.60. The van der Waals surface area contributed by atoms with Crippen molar-refractivity contribution in [2.24, 2.45) is 0 Å². The van der Waals surface area contributed by atoms with Gasteiger partial charge in [0.15, 0.2) is 0 Å². The van der Waals surface area contributed by atoms with Crippen LogP contribution in [0.3, 0.4) is 0 Å². The van der Waals surface area contributed by atoms with Crippen LogP contribution in [-0.2, 0) is 14.2 Å². The SMILES string of the molecule is C1COC2(C1)[C@@]1(CCCO1)CCC[C@@]21CCCO1. The molecule has 3 heteroatoms. The van der Waals surface area contributed by atoms with E-state index in [0.717, 1.165) is 26.2 Å². The molecule has 4 aliphatic rings. The van der Waals surface area contributed by atoms with E-state index in [1.54, 1.807) is 0 Å². The Hall–Kier alpha value is -0.120. The third-order valence-corrected chi connectivity index (χ3v) is 5.86. The summed E-state index contributed by atoms with van der Waals surface area (Å²) in [6.45, 7) is 2.73. The van der Waals surface area contributed by atoms with E-state index in [1.165, 1.54) is 51.4 Å². The number of fused-ring (bicyclic) bond motifs is 2. The molecule has 0 amide bonds. The number of hydrogen-bond acceptors (Lipinski definition) is 3. The van der Waals surface area contributed by atoms with Crippen molar-refractivity contribution in [1.82, 2.24) is 0 Å². The summed E-state index contributed by atoms with van der Waals surface area (Å²) in [6, 6.07) is 0. The van der Waals surface area contributed by atoms with E-state index < -0.39 is 0 Å².